The fourth-order valence-corrected chi connectivity index (χ4v) is 3.99. The molecule has 0 aliphatic carbocycles. The van der Waals surface area contributed by atoms with Crippen molar-refractivity contribution in [3.8, 4) is 6.07 Å². The fourth-order valence-electron chi connectivity index (χ4n) is 2.84. The number of carbonyl (C=O) groups is 2. The summed E-state index contributed by atoms with van der Waals surface area (Å²) in [6.07, 6.45) is -4.86. The minimum atomic E-state index is -5.28. The van der Waals surface area contributed by atoms with Crippen LogP contribution in [-0.2, 0) is 16.0 Å². The SMILES string of the molecule is CCOC(=O)[C@](NC(=O)c1ccccc1)(Nc1sc(C)c(CC)c1C#N)C(F)(F)F. The molecule has 2 N–H and O–H groups in total. The smallest absolute Gasteiger partial charge is 0.441 e. The number of aryl methyl sites for hydroxylation is 1. The maximum Gasteiger partial charge on any atom is 0.441 e. The van der Waals surface area contributed by atoms with Crippen LogP contribution >= 0.6 is 11.3 Å². The fraction of sp³-hybridized carbons (Fsp3) is 0.350. The van der Waals surface area contributed by atoms with Gasteiger partial charge < -0.3 is 15.4 Å². The van der Waals surface area contributed by atoms with Crippen LogP contribution in [0.2, 0.25) is 0 Å². The van der Waals surface area contributed by atoms with E-state index in [4.69, 9.17) is 0 Å². The molecule has 0 bridgehead atoms. The number of benzene rings is 1. The van der Waals surface area contributed by atoms with Gasteiger partial charge in [-0.25, -0.2) is 4.79 Å². The molecule has 2 rings (SSSR count). The van der Waals surface area contributed by atoms with Crippen LogP contribution in [0.4, 0.5) is 18.2 Å². The Hall–Kier alpha value is -3.06. The number of rotatable bonds is 7. The van der Waals surface area contributed by atoms with Crippen molar-refractivity contribution in [3.05, 3.63) is 51.9 Å². The minimum Gasteiger partial charge on any atom is -0.463 e. The zero-order chi connectivity index (χ0) is 22.5. The summed E-state index contributed by atoms with van der Waals surface area (Å²) in [6, 6.07) is 9.06. The van der Waals surface area contributed by atoms with E-state index in [2.05, 4.69) is 10.1 Å². The molecule has 0 spiro atoms. The third kappa shape index (κ3) is 4.41. The lowest BCUT2D eigenvalue weighted by molar-refractivity contribution is -0.204. The Morgan fingerprint density at radius 1 is 1.20 bits per heavy atom. The van der Waals surface area contributed by atoms with E-state index in [9.17, 15) is 28.0 Å². The molecule has 1 heterocycles. The summed E-state index contributed by atoms with van der Waals surface area (Å²) in [5.74, 6) is -2.86. The largest absolute Gasteiger partial charge is 0.463 e. The third-order valence-electron chi connectivity index (χ3n) is 4.32. The number of halogens is 3. The second-order valence-electron chi connectivity index (χ2n) is 6.22. The maximum absolute atomic E-state index is 14.3. The number of nitriles is 1. The third-order valence-corrected chi connectivity index (χ3v) is 5.38. The van der Waals surface area contributed by atoms with Gasteiger partial charge >= 0.3 is 17.8 Å². The molecule has 2 aromatic rings. The number of hydrogen-bond acceptors (Lipinski definition) is 6. The average Bonchev–Trinajstić information content (AvgIpc) is 3.01. The number of carbonyl (C=O) groups excluding carboxylic acids is 2. The van der Waals surface area contributed by atoms with Gasteiger partial charge in [-0.05, 0) is 38.0 Å². The lowest BCUT2D eigenvalue weighted by Gasteiger charge is -2.35. The number of anilines is 1. The van der Waals surface area contributed by atoms with E-state index >= 15 is 0 Å². The normalized spacial score (nSPS) is 13.1. The molecule has 0 aliphatic rings. The van der Waals surface area contributed by atoms with Crippen LogP contribution < -0.4 is 10.6 Å². The molecule has 0 saturated heterocycles. The molecule has 0 unspecified atom stereocenters. The first-order valence-electron chi connectivity index (χ1n) is 9.03. The van der Waals surface area contributed by atoms with Crippen molar-refractivity contribution in [1.82, 2.24) is 5.32 Å². The highest BCUT2D eigenvalue weighted by Crippen LogP contribution is 2.39. The predicted molar refractivity (Wildman–Crippen MR) is 106 cm³/mol. The zero-order valence-corrected chi connectivity index (χ0v) is 17.3. The summed E-state index contributed by atoms with van der Waals surface area (Å²) in [6.45, 7) is 4.44. The van der Waals surface area contributed by atoms with Crippen LogP contribution in [0.5, 0.6) is 0 Å². The highest BCUT2D eigenvalue weighted by molar-refractivity contribution is 7.16. The monoisotopic (exact) mass is 439 g/mol. The molecule has 0 saturated carbocycles. The van der Waals surface area contributed by atoms with E-state index in [1.54, 1.807) is 25.2 Å². The number of amides is 1. The summed E-state index contributed by atoms with van der Waals surface area (Å²) >= 11 is 0.899. The molecular formula is C20H20F3N3O3S. The van der Waals surface area contributed by atoms with Gasteiger partial charge in [-0.3, -0.25) is 4.79 Å². The first-order chi connectivity index (χ1) is 14.1. The molecule has 0 radical (unpaired) electrons. The van der Waals surface area contributed by atoms with E-state index in [0.717, 1.165) is 11.3 Å². The van der Waals surface area contributed by atoms with Crippen molar-refractivity contribution in [1.29, 1.82) is 5.26 Å². The lowest BCUT2D eigenvalue weighted by atomic mass is 10.1. The van der Waals surface area contributed by atoms with E-state index in [1.165, 1.54) is 31.2 Å². The summed E-state index contributed by atoms with van der Waals surface area (Å²) in [5.41, 5.74) is -3.09. The molecule has 1 aromatic carbocycles. The standard InChI is InChI=1S/C20H20F3N3O3S/c1-4-14-12(3)30-17(15(14)11-24)26-19(20(21,22)23,18(28)29-5-2)25-16(27)13-9-7-6-8-10-13/h6-10,26H,4-5H2,1-3H3,(H,25,27)/t19-/m0/s1. The molecule has 1 amide bonds. The first-order valence-corrected chi connectivity index (χ1v) is 9.84. The van der Waals surface area contributed by atoms with Crippen LogP contribution in [0, 0.1) is 18.3 Å². The number of alkyl halides is 3. The maximum atomic E-state index is 14.3. The minimum absolute atomic E-state index is 0.00752. The Labute approximate surface area is 175 Å². The number of esters is 1. The first kappa shape index (κ1) is 23.2. The quantitative estimate of drug-likeness (QED) is 0.500. The second-order valence-corrected chi connectivity index (χ2v) is 7.44. The van der Waals surface area contributed by atoms with Gasteiger partial charge in [0.2, 0.25) is 0 Å². The molecular weight excluding hydrogens is 419 g/mol. The Balaban J connectivity index is 2.62. The van der Waals surface area contributed by atoms with Gasteiger partial charge in [0.05, 0.1) is 12.2 Å². The molecule has 0 aliphatic heterocycles. The molecule has 6 nitrogen and oxygen atoms in total. The molecule has 1 aromatic heterocycles. The van der Waals surface area contributed by atoms with Crippen LogP contribution in [0.25, 0.3) is 0 Å². The van der Waals surface area contributed by atoms with Crippen LogP contribution in [0.1, 0.15) is 40.2 Å². The predicted octanol–water partition coefficient (Wildman–Crippen LogP) is 4.15. The number of nitrogens with zero attached hydrogens (tertiary/aromatic N) is 1. The summed E-state index contributed by atoms with van der Waals surface area (Å²) in [5, 5.41) is 13.2. The Kier molecular flexibility index (Phi) is 7.10. The Bertz CT molecular complexity index is 967. The summed E-state index contributed by atoms with van der Waals surface area (Å²) < 4.78 is 47.5. The van der Waals surface area contributed by atoms with Gasteiger partial charge in [0.1, 0.15) is 11.1 Å². The molecule has 1 atom stereocenters. The van der Waals surface area contributed by atoms with Crippen LogP contribution in [0.3, 0.4) is 0 Å². The van der Waals surface area contributed by atoms with Gasteiger partial charge in [0.15, 0.2) is 0 Å². The van der Waals surface area contributed by atoms with Crippen molar-refractivity contribution in [3.63, 3.8) is 0 Å². The highest BCUT2D eigenvalue weighted by Gasteiger charge is 2.64. The Morgan fingerprint density at radius 2 is 1.83 bits per heavy atom. The van der Waals surface area contributed by atoms with Crippen molar-refractivity contribution in [2.45, 2.75) is 39.0 Å². The summed E-state index contributed by atoms with van der Waals surface area (Å²) in [4.78, 5) is 25.7. The number of ether oxygens (including phenoxy) is 1. The molecule has 10 heteroatoms. The topological polar surface area (TPSA) is 91.2 Å². The van der Waals surface area contributed by atoms with Crippen LogP contribution in [0.15, 0.2) is 30.3 Å². The molecule has 0 fully saturated rings. The van der Waals surface area contributed by atoms with Gasteiger partial charge in [-0.15, -0.1) is 11.3 Å². The second kappa shape index (κ2) is 9.17. The van der Waals surface area contributed by atoms with E-state index < -0.39 is 23.7 Å². The van der Waals surface area contributed by atoms with E-state index in [0.29, 0.717) is 16.9 Å². The zero-order valence-electron chi connectivity index (χ0n) is 16.5. The van der Waals surface area contributed by atoms with Crippen molar-refractivity contribution in [2.24, 2.45) is 0 Å². The average molecular weight is 439 g/mol. The van der Waals surface area contributed by atoms with Gasteiger partial charge in [-0.2, -0.15) is 18.4 Å². The lowest BCUT2D eigenvalue weighted by Crippen LogP contribution is -2.69. The highest BCUT2D eigenvalue weighted by atomic mass is 32.1. The van der Waals surface area contributed by atoms with Crippen LogP contribution in [-0.4, -0.2) is 30.3 Å². The van der Waals surface area contributed by atoms with E-state index in [1.807, 2.05) is 6.07 Å². The van der Waals surface area contributed by atoms with Crippen molar-refractivity contribution >= 4 is 28.2 Å². The number of nitrogens with one attached hydrogen (secondary N) is 2. The van der Waals surface area contributed by atoms with Crippen molar-refractivity contribution in [2.75, 3.05) is 11.9 Å². The van der Waals surface area contributed by atoms with Crippen molar-refractivity contribution < 1.29 is 27.5 Å². The van der Waals surface area contributed by atoms with Gasteiger partial charge in [0.25, 0.3) is 5.91 Å². The number of hydrogen-bond donors (Lipinski definition) is 2. The van der Waals surface area contributed by atoms with Gasteiger partial charge in [-0.1, -0.05) is 25.1 Å². The van der Waals surface area contributed by atoms with E-state index in [-0.39, 0.29) is 22.7 Å². The molecule has 30 heavy (non-hydrogen) atoms. The molecule has 160 valence electrons. The Morgan fingerprint density at radius 3 is 2.33 bits per heavy atom. The summed E-state index contributed by atoms with van der Waals surface area (Å²) in [7, 11) is 0. The number of thiophene rings is 1. The van der Waals surface area contributed by atoms with Gasteiger partial charge in [0, 0.05) is 10.4 Å².